The highest BCUT2D eigenvalue weighted by atomic mass is 32.2. The second-order valence-electron chi connectivity index (χ2n) is 4.18. The molecule has 20 heavy (non-hydrogen) atoms. The van der Waals surface area contributed by atoms with Gasteiger partial charge in [0.2, 0.25) is 5.56 Å². The van der Waals surface area contributed by atoms with Crippen LogP contribution in [-0.2, 0) is 16.6 Å². The second kappa shape index (κ2) is 4.89. The number of nitrogens with zero attached hydrogens (tertiary/aromatic N) is 1. The number of aromatic nitrogens is 4. The molecule has 0 amide bonds. The van der Waals surface area contributed by atoms with Crippen LogP contribution in [0.2, 0.25) is 0 Å². The summed E-state index contributed by atoms with van der Waals surface area (Å²) in [5, 5.41) is 0.267. The van der Waals surface area contributed by atoms with Crippen LogP contribution in [0, 0.1) is 0 Å². The first kappa shape index (κ1) is 12.5. The highest BCUT2D eigenvalue weighted by Crippen LogP contribution is 2.12. The van der Waals surface area contributed by atoms with Gasteiger partial charge in [-0.25, -0.2) is 4.98 Å². The van der Waals surface area contributed by atoms with E-state index in [-0.39, 0.29) is 21.9 Å². The number of hydrogen-bond acceptors (Lipinski definition) is 4. The Morgan fingerprint density at radius 2 is 2.05 bits per heavy atom. The van der Waals surface area contributed by atoms with Gasteiger partial charge in [-0.15, -0.1) is 0 Å². The molecule has 7 nitrogen and oxygen atoms in total. The van der Waals surface area contributed by atoms with E-state index in [1.165, 1.54) is 30.6 Å². The van der Waals surface area contributed by atoms with Crippen LogP contribution in [0.4, 0.5) is 0 Å². The number of hydrogen-bond donors (Lipinski definition) is 3. The van der Waals surface area contributed by atoms with Crippen molar-refractivity contribution in [1.29, 1.82) is 0 Å². The standard InChI is InChI=1S/C12H10N4O3S/c17-8-1-2-13-7(3-8)6-20(19)12-15-9-4-11(18)14-5-10(9)16-12/h1-5H,6H2,(H,13,17)(H,14,18)(H,15,16). The molecule has 102 valence electrons. The molecule has 0 aliphatic carbocycles. The van der Waals surface area contributed by atoms with Gasteiger partial charge in [0.15, 0.2) is 10.6 Å². The third-order valence-electron chi connectivity index (χ3n) is 2.70. The lowest BCUT2D eigenvalue weighted by Gasteiger charge is -1.98. The number of H-pyrrole nitrogens is 3. The molecule has 1 atom stereocenters. The minimum atomic E-state index is -1.43. The van der Waals surface area contributed by atoms with Crippen LogP contribution in [0.3, 0.4) is 0 Å². The third kappa shape index (κ3) is 2.45. The van der Waals surface area contributed by atoms with Crippen molar-refractivity contribution in [3.63, 3.8) is 0 Å². The maximum atomic E-state index is 12.2. The molecule has 0 fully saturated rings. The fraction of sp³-hybridized carbons (Fsp3) is 0.0833. The summed E-state index contributed by atoms with van der Waals surface area (Å²) < 4.78 is 12.2. The normalized spacial score (nSPS) is 12.6. The van der Waals surface area contributed by atoms with Crippen molar-refractivity contribution in [2.24, 2.45) is 0 Å². The van der Waals surface area contributed by atoms with E-state index in [2.05, 4.69) is 19.9 Å². The van der Waals surface area contributed by atoms with Crippen LogP contribution in [0.15, 0.2) is 45.3 Å². The Hall–Kier alpha value is -2.48. The molecule has 3 heterocycles. The van der Waals surface area contributed by atoms with Gasteiger partial charge in [-0.3, -0.25) is 13.8 Å². The van der Waals surface area contributed by atoms with Crippen molar-refractivity contribution in [3.05, 3.63) is 56.9 Å². The van der Waals surface area contributed by atoms with Crippen LogP contribution in [-0.4, -0.2) is 24.1 Å². The molecule has 0 saturated carbocycles. The van der Waals surface area contributed by atoms with Crippen molar-refractivity contribution < 1.29 is 4.21 Å². The minimum absolute atomic E-state index is 0.143. The highest BCUT2D eigenvalue weighted by Gasteiger charge is 2.11. The zero-order valence-corrected chi connectivity index (χ0v) is 11.0. The highest BCUT2D eigenvalue weighted by molar-refractivity contribution is 7.84. The van der Waals surface area contributed by atoms with Gasteiger partial charge in [0.1, 0.15) is 0 Å². The Labute approximate surface area is 114 Å². The number of pyridine rings is 2. The molecule has 0 saturated heterocycles. The minimum Gasteiger partial charge on any atom is -0.364 e. The summed E-state index contributed by atoms with van der Waals surface area (Å²) in [7, 11) is -1.43. The summed E-state index contributed by atoms with van der Waals surface area (Å²) in [6, 6.07) is 4.11. The summed E-state index contributed by atoms with van der Waals surface area (Å²) in [6.07, 6.45) is 2.99. The molecule has 3 rings (SSSR count). The summed E-state index contributed by atoms with van der Waals surface area (Å²) in [5.41, 5.74) is 1.21. The van der Waals surface area contributed by atoms with E-state index in [1.807, 2.05) is 0 Å². The van der Waals surface area contributed by atoms with Gasteiger partial charge in [0.05, 0.1) is 27.6 Å². The first-order chi connectivity index (χ1) is 9.61. The first-order valence-electron chi connectivity index (χ1n) is 5.76. The third-order valence-corrected chi connectivity index (χ3v) is 3.90. The molecule has 3 N–H and O–H groups in total. The molecule has 8 heteroatoms. The number of aromatic amines is 3. The number of imidazole rings is 1. The molecule has 0 aliphatic rings. The van der Waals surface area contributed by atoms with Crippen molar-refractivity contribution in [1.82, 2.24) is 19.9 Å². The first-order valence-corrected chi connectivity index (χ1v) is 7.08. The Kier molecular flexibility index (Phi) is 3.07. The van der Waals surface area contributed by atoms with E-state index in [4.69, 9.17) is 0 Å². The summed E-state index contributed by atoms with van der Waals surface area (Å²) in [4.78, 5) is 34.8. The Morgan fingerprint density at radius 1 is 1.20 bits per heavy atom. The summed E-state index contributed by atoms with van der Waals surface area (Å²) in [5.74, 6) is 0.143. The van der Waals surface area contributed by atoms with Gasteiger partial charge in [0.25, 0.3) is 0 Å². The summed E-state index contributed by atoms with van der Waals surface area (Å²) in [6.45, 7) is 0. The van der Waals surface area contributed by atoms with E-state index in [1.54, 1.807) is 0 Å². The molecule has 0 bridgehead atoms. The quantitative estimate of drug-likeness (QED) is 0.641. The number of rotatable bonds is 3. The topological polar surface area (TPSA) is 111 Å². The predicted octanol–water partition coefficient (Wildman–Crippen LogP) is 0.247. The van der Waals surface area contributed by atoms with Crippen molar-refractivity contribution >= 4 is 21.8 Å². The van der Waals surface area contributed by atoms with Crippen LogP contribution >= 0.6 is 0 Å². The van der Waals surface area contributed by atoms with E-state index in [0.29, 0.717) is 16.7 Å². The van der Waals surface area contributed by atoms with E-state index >= 15 is 0 Å². The van der Waals surface area contributed by atoms with Gasteiger partial charge in [0, 0.05) is 36.3 Å². The molecular weight excluding hydrogens is 280 g/mol. The molecule has 0 aliphatic heterocycles. The van der Waals surface area contributed by atoms with Crippen LogP contribution in [0.5, 0.6) is 0 Å². The van der Waals surface area contributed by atoms with Gasteiger partial charge >= 0.3 is 0 Å². The maximum Gasteiger partial charge on any atom is 0.250 e. The average molecular weight is 290 g/mol. The SMILES string of the molecule is O=c1cc[nH]c(CS(=O)c2nc3cc(=O)[nH]cc3[nH]2)c1. The Morgan fingerprint density at radius 3 is 2.85 bits per heavy atom. The van der Waals surface area contributed by atoms with Gasteiger partial charge < -0.3 is 15.0 Å². The molecule has 1 unspecified atom stereocenters. The predicted molar refractivity (Wildman–Crippen MR) is 73.9 cm³/mol. The lowest BCUT2D eigenvalue weighted by atomic mass is 10.4. The molecule has 0 spiro atoms. The van der Waals surface area contributed by atoms with Gasteiger partial charge in [-0.05, 0) is 0 Å². The Bertz CT molecular complexity index is 908. The van der Waals surface area contributed by atoms with Crippen molar-refractivity contribution in [2.45, 2.75) is 10.9 Å². The molecule has 0 aromatic carbocycles. The summed E-state index contributed by atoms with van der Waals surface area (Å²) >= 11 is 0. The van der Waals surface area contributed by atoms with Gasteiger partial charge in [-0.2, -0.15) is 0 Å². The molecule has 3 aromatic rings. The zero-order chi connectivity index (χ0) is 14.1. The van der Waals surface area contributed by atoms with Crippen LogP contribution < -0.4 is 11.0 Å². The van der Waals surface area contributed by atoms with Crippen LogP contribution in [0.1, 0.15) is 5.69 Å². The average Bonchev–Trinajstić information content (AvgIpc) is 2.81. The Balaban J connectivity index is 1.92. The molecule has 0 radical (unpaired) electrons. The smallest absolute Gasteiger partial charge is 0.250 e. The van der Waals surface area contributed by atoms with E-state index < -0.39 is 10.8 Å². The van der Waals surface area contributed by atoms with Crippen LogP contribution in [0.25, 0.3) is 11.0 Å². The van der Waals surface area contributed by atoms with E-state index in [9.17, 15) is 13.8 Å². The fourth-order valence-corrected chi connectivity index (χ4v) is 2.81. The monoisotopic (exact) mass is 290 g/mol. The van der Waals surface area contributed by atoms with Crippen molar-refractivity contribution in [2.75, 3.05) is 0 Å². The zero-order valence-electron chi connectivity index (χ0n) is 10.2. The fourth-order valence-electron chi connectivity index (χ4n) is 1.80. The van der Waals surface area contributed by atoms with Crippen molar-refractivity contribution in [3.8, 4) is 0 Å². The van der Waals surface area contributed by atoms with Gasteiger partial charge in [-0.1, -0.05) is 0 Å². The lowest BCUT2D eigenvalue weighted by molar-refractivity contribution is 0.677. The number of nitrogens with one attached hydrogen (secondary N) is 3. The molecular formula is C12H10N4O3S. The second-order valence-corrected chi connectivity index (χ2v) is 5.54. The lowest BCUT2D eigenvalue weighted by Crippen LogP contribution is -2.05. The maximum absolute atomic E-state index is 12.2. The van der Waals surface area contributed by atoms with E-state index in [0.717, 1.165) is 0 Å². The molecule has 3 aromatic heterocycles. The number of fused-ring (bicyclic) bond motifs is 1. The largest absolute Gasteiger partial charge is 0.364 e.